The largest absolute Gasteiger partial charge is 0.871 e. The van der Waals surface area contributed by atoms with E-state index >= 15 is 0 Å². The van der Waals surface area contributed by atoms with Gasteiger partial charge in [-0.2, -0.15) is 16.8 Å². The van der Waals surface area contributed by atoms with E-state index in [1.807, 2.05) is 60.7 Å². The number of nitrogens with one attached hydrogen (secondary N) is 2. The highest BCUT2D eigenvalue weighted by Crippen LogP contribution is 2.46. The molecular formula is C44H39B2N4O11S2-. The van der Waals surface area contributed by atoms with Crippen LogP contribution in [0.1, 0.15) is 31.2 Å². The van der Waals surface area contributed by atoms with Crippen LogP contribution in [0.15, 0.2) is 120 Å². The quantitative estimate of drug-likeness (QED) is 0.0568. The maximum absolute atomic E-state index is 14.4. The Kier molecular flexibility index (Phi) is 11.1. The number of nitrogens with zero attached hydrogens (tertiary/aromatic N) is 2. The van der Waals surface area contributed by atoms with Gasteiger partial charge in [-0.3, -0.25) is 24.1 Å². The molecule has 2 heterocycles. The third-order valence-electron chi connectivity index (χ3n) is 11.3. The summed E-state index contributed by atoms with van der Waals surface area (Å²) in [7, 11) is -8.06. The number of ether oxygens (including phenoxy) is 2. The number of Topliss-reactive ketones (excluding diaryl/α,β-unsaturated/α-hetero) is 1. The molecule has 320 valence electrons. The summed E-state index contributed by atoms with van der Waals surface area (Å²) in [5.41, 5.74) is 3.48. The lowest BCUT2D eigenvalue weighted by atomic mass is 9.64. The third-order valence-corrected chi connectivity index (χ3v) is 12.9. The van der Waals surface area contributed by atoms with E-state index < -0.39 is 45.7 Å². The van der Waals surface area contributed by atoms with E-state index in [4.69, 9.17) is 23.5 Å². The molecule has 2 aliphatic heterocycles. The molecule has 0 aromatic heterocycles. The van der Waals surface area contributed by atoms with Gasteiger partial charge in [0.25, 0.3) is 20.2 Å². The van der Waals surface area contributed by atoms with Crippen molar-refractivity contribution in [1.82, 2.24) is 0 Å². The molecule has 0 saturated carbocycles. The summed E-state index contributed by atoms with van der Waals surface area (Å²) < 4.78 is 73.5. The molecule has 0 spiro atoms. The maximum atomic E-state index is 14.4. The summed E-state index contributed by atoms with van der Waals surface area (Å²) in [6.45, 7) is -0.870. The lowest BCUT2D eigenvalue weighted by Crippen LogP contribution is -2.55. The number of anilines is 3. The number of hydrogen-bond donors (Lipinski definition) is 5. The van der Waals surface area contributed by atoms with Gasteiger partial charge in [0.05, 0.1) is 35.8 Å². The van der Waals surface area contributed by atoms with Gasteiger partial charge in [0.1, 0.15) is 11.5 Å². The molecule has 6 aromatic rings. The summed E-state index contributed by atoms with van der Waals surface area (Å²) in [6, 6.07) is 32.8. The number of carbonyl (C=O) groups excluding carboxylic acids is 1. The van der Waals surface area contributed by atoms with Crippen LogP contribution >= 0.6 is 0 Å². The molecule has 19 heteroatoms. The molecular weight excluding hydrogens is 846 g/mol. The molecule has 0 unspecified atom stereocenters. The van der Waals surface area contributed by atoms with E-state index in [1.165, 1.54) is 0 Å². The van der Waals surface area contributed by atoms with Crippen LogP contribution < -0.4 is 51.5 Å². The summed E-state index contributed by atoms with van der Waals surface area (Å²) in [5.74, 6) is -0.501. The molecule has 15 nitrogen and oxygen atoms in total. The fourth-order valence-corrected chi connectivity index (χ4v) is 9.43. The summed E-state index contributed by atoms with van der Waals surface area (Å²) in [5, 5.41) is 37.3. The molecule has 6 aromatic carbocycles. The second-order valence-electron chi connectivity index (χ2n) is 15.5. The average molecular weight is 886 g/mol. The number of ketones is 1. The standard InChI is InChI=1S/C44H40B2N4O11S2/c51-43-39(33-21-11-27-7-5-9-35-37(27)41(33)49-45(47-35)29-13-17-31(18-14-29)60-23-1-3-25-62(54,55)56)44(52)40(43)34-22-12-28-8-6-10-36-38(28)42(34)50(53)46(48-36)30-15-19-32(20-16-30)61-24-2-4-26-63(57,58)59/h5-22,47-48,51,53H,1-4,23-26H2,(H,54,55,56)(H,57,58,59)/p-1. The summed E-state index contributed by atoms with van der Waals surface area (Å²) in [4.78, 5) is 20.6. The van der Waals surface area contributed by atoms with Crippen LogP contribution in [0.3, 0.4) is 0 Å². The first-order valence-electron chi connectivity index (χ1n) is 20.3. The third kappa shape index (κ3) is 8.45. The topological polar surface area (TPSA) is 227 Å². The van der Waals surface area contributed by atoms with Gasteiger partial charge in [-0.15, -0.1) is 0 Å². The highest BCUT2D eigenvalue weighted by Gasteiger charge is 2.39. The highest BCUT2D eigenvalue weighted by molar-refractivity contribution is 7.86. The highest BCUT2D eigenvalue weighted by atomic mass is 32.2. The lowest BCUT2D eigenvalue weighted by Gasteiger charge is -2.37. The molecule has 0 radical (unpaired) electrons. The molecule has 9 rings (SSSR count). The van der Waals surface area contributed by atoms with Gasteiger partial charge in [0.2, 0.25) is 0 Å². The number of unbranched alkanes of at least 4 members (excludes halogenated alkanes) is 2. The van der Waals surface area contributed by atoms with Crippen molar-refractivity contribution in [1.29, 1.82) is 0 Å². The molecule has 0 atom stereocenters. The van der Waals surface area contributed by atoms with Crippen LogP contribution in [-0.2, 0) is 25.0 Å². The Balaban J connectivity index is 1.03. The SMILES string of the molecule is O=C1C(c2ccc3cccc4c3c2N(O)B(c2ccc(OCCCCS(=O)(=O)O)cc2)N4)=C([O-])C1=c1ccc2cccc3c2c1=NB(c1ccc(OCCCCS(=O)(=O)O)cc1)N3. The van der Waals surface area contributed by atoms with E-state index in [1.54, 1.807) is 48.5 Å². The minimum atomic E-state index is -4.04. The van der Waals surface area contributed by atoms with Gasteiger partial charge in [0, 0.05) is 44.1 Å². The van der Waals surface area contributed by atoms with Crippen LogP contribution in [0.25, 0.3) is 32.7 Å². The number of allylic oxidation sites excluding steroid dienone is 2. The Morgan fingerprint density at radius 1 is 0.651 bits per heavy atom. The molecule has 0 amide bonds. The van der Waals surface area contributed by atoms with Crippen LogP contribution in [-0.4, -0.2) is 75.6 Å². The van der Waals surface area contributed by atoms with Crippen molar-refractivity contribution in [2.24, 2.45) is 4.90 Å². The zero-order valence-electron chi connectivity index (χ0n) is 33.5. The first kappa shape index (κ1) is 42.0. The average Bonchev–Trinajstić information content (AvgIpc) is 3.25. The molecule has 0 saturated heterocycles. The second kappa shape index (κ2) is 16.7. The second-order valence-corrected chi connectivity index (χ2v) is 18.7. The fourth-order valence-electron chi connectivity index (χ4n) is 8.29. The van der Waals surface area contributed by atoms with Crippen molar-refractivity contribution in [3.8, 4) is 11.5 Å². The molecule has 3 aliphatic rings. The number of benzene rings is 6. The van der Waals surface area contributed by atoms with Gasteiger partial charge in [-0.05, 0) is 83.8 Å². The van der Waals surface area contributed by atoms with Crippen molar-refractivity contribution in [2.45, 2.75) is 25.7 Å². The fraction of sp³-hybridized carbons (Fsp3) is 0.182. The molecule has 5 N–H and O–H groups in total. The predicted molar refractivity (Wildman–Crippen MR) is 241 cm³/mol. The van der Waals surface area contributed by atoms with Gasteiger partial charge in [-0.1, -0.05) is 78.6 Å². The van der Waals surface area contributed by atoms with E-state index in [0.717, 1.165) is 32.3 Å². The minimum absolute atomic E-state index is 0.00276. The number of hydrogen-bond acceptors (Lipinski definition) is 13. The Morgan fingerprint density at radius 3 is 1.79 bits per heavy atom. The number of rotatable bonds is 15. The molecule has 0 bridgehead atoms. The van der Waals surface area contributed by atoms with Gasteiger partial charge in [0.15, 0.2) is 5.78 Å². The molecule has 0 fully saturated rings. The Morgan fingerprint density at radius 2 is 1.21 bits per heavy atom. The summed E-state index contributed by atoms with van der Waals surface area (Å²) in [6.07, 6.45) is 1.38. The normalized spacial score (nSPS) is 15.5. The summed E-state index contributed by atoms with van der Waals surface area (Å²) >= 11 is 0. The lowest BCUT2D eigenvalue weighted by molar-refractivity contribution is -0.292. The van der Waals surface area contributed by atoms with Crippen LogP contribution in [0.4, 0.5) is 17.1 Å². The maximum Gasteiger partial charge on any atom is 0.434 e. The van der Waals surface area contributed by atoms with Crippen molar-refractivity contribution in [3.05, 3.63) is 131 Å². The van der Waals surface area contributed by atoms with Gasteiger partial charge < -0.3 is 29.9 Å². The van der Waals surface area contributed by atoms with Crippen molar-refractivity contribution in [2.75, 3.05) is 40.1 Å². The smallest absolute Gasteiger partial charge is 0.434 e. The minimum Gasteiger partial charge on any atom is -0.871 e. The predicted octanol–water partition coefficient (Wildman–Crippen LogP) is 3.05. The monoisotopic (exact) mass is 885 g/mol. The Labute approximate surface area is 363 Å². The first-order valence-corrected chi connectivity index (χ1v) is 23.5. The molecule has 63 heavy (non-hydrogen) atoms. The zero-order valence-corrected chi connectivity index (χ0v) is 35.2. The van der Waals surface area contributed by atoms with Gasteiger partial charge >= 0.3 is 14.0 Å². The van der Waals surface area contributed by atoms with Gasteiger partial charge in [-0.25, -0.2) is 0 Å². The van der Waals surface area contributed by atoms with E-state index in [2.05, 4.69) is 10.5 Å². The first-order chi connectivity index (χ1) is 30.2. The van der Waals surface area contributed by atoms with Crippen molar-refractivity contribution < 1.29 is 50.5 Å². The van der Waals surface area contributed by atoms with Crippen LogP contribution in [0.5, 0.6) is 11.5 Å². The number of carbonyl (C=O) groups is 1. The van der Waals surface area contributed by atoms with E-state index in [0.29, 0.717) is 62.7 Å². The Hall–Kier alpha value is -6.37. The van der Waals surface area contributed by atoms with Crippen LogP contribution in [0.2, 0.25) is 0 Å². The van der Waals surface area contributed by atoms with Crippen LogP contribution in [0, 0.1) is 0 Å². The van der Waals surface area contributed by atoms with Crippen molar-refractivity contribution >= 4 is 101 Å². The van der Waals surface area contributed by atoms with E-state index in [-0.39, 0.29) is 48.7 Å². The van der Waals surface area contributed by atoms with Crippen molar-refractivity contribution in [3.63, 3.8) is 0 Å². The van der Waals surface area contributed by atoms with E-state index in [9.17, 15) is 31.9 Å². The molecule has 1 aliphatic carbocycles. The Bertz CT molecular complexity index is 3210. The zero-order chi connectivity index (χ0) is 44.0.